The van der Waals surface area contributed by atoms with Crippen LogP contribution in [0.3, 0.4) is 0 Å². The van der Waals surface area contributed by atoms with Crippen molar-refractivity contribution in [1.29, 1.82) is 21.2 Å². The Balaban J connectivity index is 2.32. The summed E-state index contributed by atoms with van der Waals surface area (Å²) in [6.07, 6.45) is -0.0281. The van der Waals surface area contributed by atoms with Crippen LogP contribution in [0.15, 0.2) is 16.7 Å². The number of nitrogens with zero attached hydrogens (tertiary/aromatic N) is 3. The van der Waals surface area contributed by atoms with Crippen LogP contribution in [0.1, 0.15) is 40.3 Å². The molecule has 1 aliphatic rings. The molecular formula is C30H8F12N4. The standard InChI is InChI=1S/C30H8F12N4/c1-7(14-25(37)21(33)11(5-45)22(34)26(14)38)13-15(9(3-43)17-27(39)19(31)8(2)20(32)28(17)40)16(13)10(4-44)18-29(41)23(35)12(6-46)24(36)30(18)42/h3,43H,1-2H3/b13-7-,15-9?,16-10-,43-3?. The molecule has 1 aliphatic carbocycles. The van der Waals surface area contributed by atoms with Crippen molar-refractivity contribution in [1.82, 2.24) is 0 Å². The van der Waals surface area contributed by atoms with Gasteiger partial charge < -0.3 is 5.41 Å². The first kappa shape index (κ1) is 33.1. The Hall–Kier alpha value is -5.82. The van der Waals surface area contributed by atoms with Gasteiger partial charge in [0.05, 0.1) is 22.3 Å². The van der Waals surface area contributed by atoms with Crippen molar-refractivity contribution >= 4 is 22.9 Å². The van der Waals surface area contributed by atoms with Crippen LogP contribution in [0.25, 0.3) is 16.7 Å². The first-order chi connectivity index (χ1) is 21.5. The number of hydrogen-bond donors (Lipinski definition) is 1. The van der Waals surface area contributed by atoms with Crippen molar-refractivity contribution in [3.63, 3.8) is 0 Å². The third kappa shape index (κ3) is 4.51. The van der Waals surface area contributed by atoms with Crippen molar-refractivity contribution in [3.8, 4) is 18.2 Å². The molecular weight excluding hydrogens is 644 g/mol. The van der Waals surface area contributed by atoms with Gasteiger partial charge in [-0.3, -0.25) is 0 Å². The number of halogens is 12. The smallest absolute Gasteiger partial charge is 0.180 e. The maximum atomic E-state index is 15.0. The molecule has 1 saturated carbocycles. The molecule has 0 radical (unpaired) electrons. The molecule has 0 amide bonds. The lowest BCUT2D eigenvalue weighted by molar-refractivity contribution is 0.442. The fourth-order valence-electron chi connectivity index (χ4n) is 4.70. The highest BCUT2D eigenvalue weighted by molar-refractivity contribution is 6.20. The molecule has 1 N–H and O–H groups in total. The number of nitrogens with one attached hydrogen (secondary N) is 1. The summed E-state index contributed by atoms with van der Waals surface area (Å²) in [6, 6.07) is 2.80. The van der Waals surface area contributed by atoms with Crippen molar-refractivity contribution in [2.24, 2.45) is 0 Å². The summed E-state index contributed by atoms with van der Waals surface area (Å²) in [5, 5.41) is 35.2. The highest BCUT2D eigenvalue weighted by Crippen LogP contribution is 2.57. The molecule has 0 spiro atoms. The second kappa shape index (κ2) is 11.6. The zero-order valence-corrected chi connectivity index (χ0v) is 22.5. The number of hydrogen-bond acceptors (Lipinski definition) is 4. The zero-order chi connectivity index (χ0) is 34.7. The van der Waals surface area contributed by atoms with E-state index < -0.39 is 137 Å². The lowest BCUT2D eigenvalue weighted by atomic mass is 9.99. The zero-order valence-electron chi connectivity index (χ0n) is 22.5. The second-order valence-electron chi connectivity index (χ2n) is 9.29. The summed E-state index contributed by atoms with van der Waals surface area (Å²) in [7, 11) is 0. The van der Waals surface area contributed by atoms with E-state index in [4.69, 9.17) is 15.9 Å². The van der Waals surface area contributed by atoms with Gasteiger partial charge in [-0.05, 0) is 25.0 Å². The molecule has 4 nitrogen and oxygen atoms in total. The molecule has 46 heavy (non-hydrogen) atoms. The minimum atomic E-state index is -2.39. The summed E-state index contributed by atoms with van der Waals surface area (Å²) >= 11 is 0. The van der Waals surface area contributed by atoms with Crippen LogP contribution in [0.2, 0.25) is 0 Å². The van der Waals surface area contributed by atoms with Crippen molar-refractivity contribution < 1.29 is 52.7 Å². The molecule has 0 bridgehead atoms. The fraction of sp³-hybridized carbons (Fsp3) is 0.0667. The topological polar surface area (TPSA) is 95.2 Å². The SMILES string of the molecule is C/C(=C1\C(=C(C=N)c2c(F)c(F)c(C)c(F)c2F)\C1=C(\C#N)c1c(F)c(F)c(C#N)c(F)c1F)c1c(F)c(F)c(C#N)c(F)c1F. The first-order valence-electron chi connectivity index (χ1n) is 12.0. The number of nitriles is 3. The summed E-state index contributed by atoms with van der Waals surface area (Å²) in [6.45, 7) is 1.24. The van der Waals surface area contributed by atoms with Gasteiger partial charge in [0.25, 0.3) is 0 Å². The predicted molar refractivity (Wildman–Crippen MR) is 134 cm³/mol. The van der Waals surface area contributed by atoms with E-state index in [1.165, 1.54) is 0 Å². The molecule has 0 aliphatic heterocycles. The Morgan fingerprint density at radius 1 is 0.522 bits per heavy atom. The van der Waals surface area contributed by atoms with E-state index in [1.807, 2.05) is 0 Å². The molecule has 0 heterocycles. The molecule has 0 saturated heterocycles. The number of allylic oxidation sites excluding steroid dienone is 6. The Labute approximate surface area is 249 Å². The fourth-order valence-corrected chi connectivity index (χ4v) is 4.70. The van der Waals surface area contributed by atoms with Gasteiger partial charge >= 0.3 is 0 Å². The third-order valence-electron chi connectivity index (χ3n) is 6.97. The van der Waals surface area contributed by atoms with E-state index in [0.717, 1.165) is 18.2 Å². The molecule has 3 aromatic carbocycles. The van der Waals surface area contributed by atoms with Gasteiger partial charge in [0.2, 0.25) is 0 Å². The van der Waals surface area contributed by atoms with Crippen molar-refractivity contribution in [2.75, 3.05) is 0 Å². The van der Waals surface area contributed by atoms with Gasteiger partial charge in [-0.2, -0.15) is 15.8 Å². The monoisotopic (exact) mass is 652 g/mol. The second-order valence-corrected chi connectivity index (χ2v) is 9.29. The maximum absolute atomic E-state index is 15.0. The number of benzene rings is 3. The van der Waals surface area contributed by atoms with Crippen LogP contribution in [-0.2, 0) is 0 Å². The lowest BCUT2D eigenvalue weighted by Crippen LogP contribution is -2.07. The van der Waals surface area contributed by atoms with Gasteiger partial charge in [0, 0.05) is 28.5 Å². The van der Waals surface area contributed by atoms with Gasteiger partial charge in [0.1, 0.15) is 29.3 Å². The van der Waals surface area contributed by atoms with Crippen molar-refractivity contribution in [3.05, 3.63) is 120 Å². The summed E-state index contributed by atoms with van der Waals surface area (Å²) < 4.78 is 177. The molecule has 4 rings (SSSR count). The van der Waals surface area contributed by atoms with Crippen LogP contribution in [0, 0.1) is 116 Å². The van der Waals surface area contributed by atoms with E-state index >= 15 is 26.3 Å². The van der Waals surface area contributed by atoms with Crippen LogP contribution in [0.5, 0.6) is 0 Å². The lowest BCUT2D eigenvalue weighted by Gasteiger charge is -2.10. The highest BCUT2D eigenvalue weighted by Gasteiger charge is 2.44. The van der Waals surface area contributed by atoms with Crippen LogP contribution in [-0.4, -0.2) is 6.21 Å². The van der Waals surface area contributed by atoms with Gasteiger partial charge in [-0.1, -0.05) is 0 Å². The van der Waals surface area contributed by atoms with E-state index in [1.54, 1.807) is 0 Å². The van der Waals surface area contributed by atoms with E-state index in [-0.39, 0.29) is 6.21 Å². The molecule has 1 fully saturated rings. The first-order valence-corrected chi connectivity index (χ1v) is 12.0. The van der Waals surface area contributed by atoms with Gasteiger partial charge in [-0.25, -0.2) is 52.7 Å². The number of rotatable bonds is 4. The molecule has 16 heteroatoms. The Kier molecular flexibility index (Phi) is 8.34. The minimum absolute atomic E-state index is 0.0281. The Bertz CT molecular complexity index is 2100. The van der Waals surface area contributed by atoms with E-state index in [0.29, 0.717) is 13.8 Å². The predicted octanol–water partition coefficient (Wildman–Crippen LogP) is 8.28. The Morgan fingerprint density at radius 2 is 0.891 bits per heavy atom. The minimum Gasteiger partial charge on any atom is -0.308 e. The third-order valence-corrected chi connectivity index (χ3v) is 6.97. The van der Waals surface area contributed by atoms with Gasteiger partial charge in [0.15, 0.2) is 69.8 Å². The molecule has 3 aromatic rings. The average Bonchev–Trinajstić information content (AvgIpc) is 3.76. The van der Waals surface area contributed by atoms with E-state index in [2.05, 4.69) is 0 Å². The molecule has 0 atom stereocenters. The van der Waals surface area contributed by atoms with Crippen molar-refractivity contribution in [2.45, 2.75) is 13.8 Å². The van der Waals surface area contributed by atoms with Crippen LogP contribution in [0.4, 0.5) is 52.7 Å². The van der Waals surface area contributed by atoms with E-state index in [9.17, 15) is 31.6 Å². The maximum Gasteiger partial charge on any atom is 0.180 e. The van der Waals surface area contributed by atoms with Crippen LogP contribution >= 0.6 is 0 Å². The quantitative estimate of drug-likeness (QED) is 0.133. The summed E-state index contributed by atoms with van der Waals surface area (Å²) in [4.78, 5) is 0. The summed E-state index contributed by atoms with van der Waals surface area (Å²) in [5.74, 6) is -26.9. The largest absolute Gasteiger partial charge is 0.308 e. The Morgan fingerprint density at radius 3 is 1.24 bits per heavy atom. The van der Waals surface area contributed by atoms with Crippen LogP contribution < -0.4 is 0 Å². The van der Waals surface area contributed by atoms with Gasteiger partial charge in [-0.15, -0.1) is 0 Å². The molecule has 0 unspecified atom stereocenters. The average molecular weight is 652 g/mol. The molecule has 0 aromatic heterocycles. The molecule has 232 valence electrons. The summed E-state index contributed by atoms with van der Waals surface area (Å²) in [5.41, 5.74) is -17.0. The normalized spacial score (nSPS) is 15.5. The highest BCUT2D eigenvalue weighted by atomic mass is 19.2.